The Morgan fingerprint density at radius 3 is 2.45 bits per heavy atom. The second-order valence-electron chi connectivity index (χ2n) is 3.51. The molecule has 0 heterocycles. The highest BCUT2D eigenvalue weighted by atomic mass is 16.1. The van der Waals surface area contributed by atoms with Crippen molar-refractivity contribution in [3.05, 3.63) is 0 Å². The molecule has 1 unspecified atom stereocenters. The lowest BCUT2D eigenvalue weighted by Gasteiger charge is -2.16. The highest BCUT2D eigenvalue weighted by Gasteiger charge is 2.49. The molecule has 0 spiro atoms. The smallest absolute Gasteiger partial charge is 0.155 e. The van der Waals surface area contributed by atoms with Crippen molar-refractivity contribution >= 4 is 5.78 Å². The van der Waals surface area contributed by atoms with Crippen molar-refractivity contribution in [3.63, 3.8) is 0 Å². The zero-order valence-corrected chi connectivity index (χ0v) is 7.61. The molecule has 1 N–H and O–H groups in total. The summed E-state index contributed by atoms with van der Waals surface area (Å²) in [6.07, 6.45) is 3.03. The van der Waals surface area contributed by atoms with E-state index in [9.17, 15) is 4.79 Å². The van der Waals surface area contributed by atoms with Crippen molar-refractivity contribution in [2.24, 2.45) is 5.92 Å². The van der Waals surface area contributed by atoms with Crippen LogP contribution in [-0.4, -0.2) is 18.4 Å². The molecule has 2 nitrogen and oxygen atoms in total. The minimum absolute atomic E-state index is 0.116. The number of rotatable bonds is 4. The third-order valence-corrected chi connectivity index (χ3v) is 2.76. The van der Waals surface area contributed by atoms with Gasteiger partial charge in [0.2, 0.25) is 0 Å². The number of carbonyl (C=O) groups excluding carboxylic acids is 1. The van der Waals surface area contributed by atoms with Gasteiger partial charge in [0.25, 0.3) is 0 Å². The van der Waals surface area contributed by atoms with Crippen LogP contribution in [-0.2, 0) is 4.79 Å². The molecule has 64 valence electrons. The molecule has 1 rings (SSSR count). The molecule has 0 aromatic carbocycles. The van der Waals surface area contributed by atoms with Gasteiger partial charge in [-0.2, -0.15) is 0 Å². The zero-order chi connectivity index (χ0) is 8.48. The molecule has 0 aromatic heterocycles. The Balaban J connectivity index is 2.53. The maximum absolute atomic E-state index is 11.6. The molecule has 0 bridgehead atoms. The predicted molar refractivity (Wildman–Crippen MR) is 45.5 cm³/mol. The third kappa shape index (κ3) is 1.45. The first kappa shape index (κ1) is 8.72. The first-order chi connectivity index (χ1) is 5.16. The average Bonchev–Trinajstić information content (AvgIpc) is 2.82. The van der Waals surface area contributed by atoms with Crippen LogP contribution >= 0.6 is 0 Å². The van der Waals surface area contributed by atoms with Crippen molar-refractivity contribution < 1.29 is 4.79 Å². The minimum Gasteiger partial charge on any atom is -0.308 e. The molecule has 1 atom stereocenters. The number of likely N-dealkylation sites (N-methyl/N-ethyl adjacent to an activating group) is 1. The van der Waals surface area contributed by atoms with Gasteiger partial charge in [0, 0.05) is 5.92 Å². The summed E-state index contributed by atoms with van der Waals surface area (Å²) in [6, 6.07) is 0. The number of carbonyl (C=O) groups is 1. The topological polar surface area (TPSA) is 29.1 Å². The summed E-state index contributed by atoms with van der Waals surface area (Å²) in [5.74, 6) is 0.632. The van der Waals surface area contributed by atoms with Gasteiger partial charge in [0.1, 0.15) is 0 Å². The van der Waals surface area contributed by atoms with Gasteiger partial charge in [0.05, 0.1) is 5.54 Å². The number of Topliss-reactive ketones (excluding diaryl/α,β-unsaturated/α-hetero) is 1. The molecule has 0 aromatic rings. The van der Waals surface area contributed by atoms with Crippen molar-refractivity contribution in [1.29, 1.82) is 0 Å². The van der Waals surface area contributed by atoms with Gasteiger partial charge >= 0.3 is 0 Å². The van der Waals surface area contributed by atoms with E-state index in [1.807, 2.05) is 14.0 Å². The third-order valence-electron chi connectivity index (χ3n) is 2.76. The average molecular weight is 155 g/mol. The Morgan fingerprint density at radius 2 is 2.18 bits per heavy atom. The monoisotopic (exact) mass is 155 g/mol. The fraction of sp³-hybridized carbons (Fsp3) is 0.889. The van der Waals surface area contributed by atoms with Gasteiger partial charge in [0.15, 0.2) is 5.78 Å². The van der Waals surface area contributed by atoms with Crippen molar-refractivity contribution in [2.75, 3.05) is 7.05 Å². The molecule has 0 aliphatic heterocycles. The van der Waals surface area contributed by atoms with Gasteiger partial charge in [-0.25, -0.2) is 0 Å². The van der Waals surface area contributed by atoms with Crippen molar-refractivity contribution in [2.45, 2.75) is 38.6 Å². The van der Waals surface area contributed by atoms with E-state index in [1.165, 1.54) is 0 Å². The maximum atomic E-state index is 11.6. The lowest BCUT2D eigenvalue weighted by molar-refractivity contribution is -0.125. The highest BCUT2D eigenvalue weighted by molar-refractivity contribution is 5.92. The van der Waals surface area contributed by atoms with Gasteiger partial charge in [-0.1, -0.05) is 13.8 Å². The molecule has 1 aliphatic carbocycles. The van der Waals surface area contributed by atoms with E-state index in [0.29, 0.717) is 5.78 Å². The lowest BCUT2D eigenvalue weighted by atomic mass is 9.96. The first-order valence-corrected chi connectivity index (χ1v) is 4.39. The number of ketones is 1. The maximum Gasteiger partial charge on any atom is 0.155 e. The van der Waals surface area contributed by atoms with Crippen LogP contribution in [0.4, 0.5) is 0 Å². The summed E-state index contributed by atoms with van der Waals surface area (Å²) in [6.45, 7) is 4.08. The van der Waals surface area contributed by atoms with Crippen LogP contribution in [0.2, 0.25) is 0 Å². The number of nitrogens with one attached hydrogen (secondary N) is 1. The van der Waals surface area contributed by atoms with Crippen LogP contribution in [0, 0.1) is 5.92 Å². The fourth-order valence-electron chi connectivity index (χ4n) is 1.40. The standard InChI is InChI=1S/C9H17NO/c1-4-7(2)8(11)9(10-3)5-6-9/h7,10H,4-6H2,1-3H3. The van der Waals surface area contributed by atoms with Crippen LogP contribution in [0.15, 0.2) is 0 Å². The lowest BCUT2D eigenvalue weighted by Crippen LogP contribution is -2.39. The van der Waals surface area contributed by atoms with Gasteiger partial charge in [-0.05, 0) is 26.3 Å². The van der Waals surface area contributed by atoms with E-state index in [4.69, 9.17) is 0 Å². The van der Waals surface area contributed by atoms with E-state index in [-0.39, 0.29) is 11.5 Å². The molecule has 11 heavy (non-hydrogen) atoms. The number of hydrogen-bond donors (Lipinski definition) is 1. The summed E-state index contributed by atoms with van der Waals surface area (Å²) in [5.41, 5.74) is -0.116. The molecule has 0 amide bonds. The van der Waals surface area contributed by atoms with Gasteiger partial charge in [-0.3, -0.25) is 4.79 Å². The predicted octanol–water partition coefficient (Wildman–Crippen LogP) is 1.35. The molecular formula is C9H17NO. The van der Waals surface area contributed by atoms with Gasteiger partial charge < -0.3 is 5.32 Å². The van der Waals surface area contributed by atoms with E-state index in [0.717, 1.165) is 19.3 Å². The van der Waals surface area contributed by atoms with E-state index in [1.54, 1.807) is 0 Å². The Morgan fingerprint density at radius 1 is 1.64 bits per heavy atom. The summed E-state index contributed by atoms with van der Waals surface area (Å²) >= 11 is 0. The second kappa shape index (κ2) is 2.94. The molecule has 1 saturated carbocycles. The Labute approximate surface area is 68.4 Å². The summed E-state index contributed by atoms with van der Waals surface area (Å²) in [4.78, 5) is 11.6. The fourth-order valence-corrected chi connectivity index (χ4v) is 1.40. The molecule has 0 radical (unpaired) electrons. The summed E-state index contributed by atoms with van der Waals surface area (Å²) in [7, 11) is 1.88. The highest BCUT2D eigenvalue weighted by Crippen LogP contribution is 2.38. The SMILES string of the molecule is CCC(C)C(=O)C1(NC)CC1. The minimum atomic E-state index is -0.116. The zero-order valence-electron chi connectivity index (χ0n) is 7.61. The summed E-state index contributed by atoms with van der Waals surface area (Å²) in [5, 5.41) is 3.12. The largest absolute Gasteiger partial charge is 0.308 e. The van der Waals surface area contributed by atoms with Gasteiger partial charge in [-0.15, -0.1) is 0 Å². The van der Waals surface area contributed by atoms with Crippen molar-refractivity contribution in [1.82, 2.24) is 5.32 Å². The van der Waals surface area contributed by atoms with Crippen LogP contribution < -0.4 is 5.32 Å². The number of hydrogen-bond acceptors (Lipinski definition) is 2. The Kier molecular flexibility index (Phi) is 2.33. The second-order valence-corrected chi connectivity index (χ2v) is 3.51. The normalized spacial score (nSPS) is 22.8. The van der Waals surface area contributed by atoms with Crippen LogP contribution in [0.3, 0.4) is 0 Å². The van der Waals surface area contributed by atoms with Crippen LogP contribution in [0.1, 0.15) is 33.1 Å². The molecule has 1 aliphatic rings. The van der Waals surface area contributed by atoms with Crippen LogP contribution in [0.25, 0.3) is 0 Å². The molecule has 2 heteroatoms. The molecule has 0 saturated heterocycles. The quantitative estimate of drug-likeness (QED) is 0.664. The van der Waals surface area contributed by atoms with E-state index >= 15 is 0 Å². The first-order valence-electron chi connectivity index (χ1n) is 4.39. The summed E-state index contributed by atoms with van der Waals surface area (Å²) < 4.78 is 0. The molecule has 1 fully saturated rings. The van der Waals surface area contributed by atoms with E-state index in [2.05, 4.69) is 12.2 Å². The van der Waals surface area contributed by atoms with Crippen LogP contribution in [0.5, 0.6) is 0 Å². The van der Waals surface area contributed by atoms with Crippen molar-refractivity contribution in [3.8, 4) is 0 Å². The van der Waals surface area contributed by atoms with E-state index < -0.39 is 0 Å². The molecular weight excluding hydrogens is 138 g/mol. The Bertz CT molecular complexity index is 161. The Hall–Kier alpha value is -0.370.